The third-order valence-corrected chi connectivity index (χ3v) is 6.23. The van der Waals surface area contributed by atoms with E-state index in [1.54, 1.807) is 25.7 Å². The third-order valence-electron chi connectivity index (χ3n) is 6.23. The van der Waals surface area contributed by atoms with Crippen LogP contribution in [-0.2, 0) is 9.53 Å². The largest absolute Gasteiger partial charge is 0.444 e. The van der Waals surface area contributed by atoms with Gasteiger partial charge in [-0.3, -0.25) is 9.59 Å². The van der Waals surface area contributed by atoms with Gasteiger partial charge in [0.1, 0.15) is 35.1 Å². The minimum Gasteiger partial charge on any atom is -0.444 e. The number of amides is 3. The van der Waals surface area contributed by atoms with Crippen LogP contribution in [0.4, 0.5) is 13.6 Å². The summed E-state index contributed by atoms with van der Waals surface area (Å²) in [7, 11) is 0. The van der Waals surface area contributed by atoms with Crippen molar-refractivity contribution in [2.24, 2.45) is 0 Å². The van der Waals surface area contributed by atoms with Gasteiger partial charge in [0.05, 0.1) is 6.20 Å². The summed E-state index contributed by atoms with van der Waals surface area (Å²) in [6.45, 7) is 5.06. The van der Waals surface area contributed by atoms with Crippen molar-refractivity contribution in [1.29, 1.82) is 0 Å². The van der Waals surface area contributed by atoms with E-state index in [1.165, 1.54) is 24.3 Å². The highest BCUT2D eigenvalue weighted by Gasteiger charge is 2.43. The highest BCUT2D eigenvalue weighted by atomic mass is 19.1. The Morgan fingerprint density at radius 1 is 1.05 bits per heavy atom. The summed E-state index contributed by atoms with van der Waals surface area (Å²) in [5, 5.41) is 5.43. The van der Waals surface area contributed by atoms with Crippen LogP contribution in [0, 0.1) is 11.6 Å². The van der Waals surface area contributed by atoms with Crippen LogP contribution in [0.25, 0.3) is 0 Å². The molecule has 2 aliphatic rings. The number of alkyl carbamates (subject to hydrolysis) is 1. The average Bonchev–Trinajstić information content (AvgIpc) is 3.09. The fourth-order valence-electron chi connectivity index (χ4n) is 4.80. The zero-order valence-electron chi connectivity index (χ0n) is 20.9. The standard InChI is InChI=1S/C26H30F2N4O5/c1-26(2,3)37-25(35)30-14-22(33)32-18-6-7-19(32)12-17(11-18)31-23(34)21-10-16(28)13-29-24(21)36-20-8-4-15(27)5-9-20/h4-5,8-10,13,17-19H,6-7,11-12,14H2,1-3H3,(H,30,35)(H,31,34). The van der Waals surface area contributed by atoms with E-state index in [4.69, 9.17) is 9.47 Å². The molecule has 2 fully saturated rings. The summed E-state index contributed by atoms with van der Waals surface area (Å²) in [5.41, 5.74) is -0.749. The molecule has 11 heteroatoms. The van der Waals surface area contributed by atoms with Crippen molar-refractivity contribution in [2.45, 2.75) is 70.2 Å². The summed E-state index contributed by atoms with van der Waals surface area (Å²) in [6.07, 6.45) is 2.91. The Labute approximate surface area is 213 Å². The monoisotopic (exact) mass is 516 g/mol. The van der Waals surface area contributed by atoms with E-state index < -0.39 is 29.2 Å². The van der Waals surface area contributed by atoms with Gasteiger partial charge in [-0.05, 0) is 76.8 Å². The van der Waals surface area contributed by atoms with E-state index in [1.807, 2.05) is 0 Å². The summed E-state index contributed by atoms with van der Waals surface area (Å²) < 4.78 is 37.9. The Morgan fingerprint density at radius 3 is 2.32 bits per heavy atom. The summed E-state index contributed by atoms with van der Waals surface area (Å²) in [6, 6.07) is 5.79. The van der Waals surface area contributed by atoms with Gasteiger partial charge in [0.2, 0.25) is 11.8 Å². The van der Waals surface area contributed by atoms with Crippen LogP contribution in [0.3, 0.4) is 0 Å². The number of benzene rings is 1. The fraction of sp³-hybridized carbons (Fsp3) is 0.462. The smallest absolute Gasteiger partial charge is 0.408 e. The lowest BCUT2D eigenvalue weighted by Crippen LogP contribution is -2.54. The molecule has 3 amide bonds. The molecular formula is C26H30F2N4O5. The number of carbonyl (C=O) groups is 3. The Hall–Kier alpha value is -3.76. The van der Waals surface area contributed by atoms with Crippen molar-refractivity contribution in [3.8, 4) is 11.6 Å². The summed E-state index contributed by atoms with van der Waals surface area (Å²) in [4.78, 5) is 43.5. The molecule has 1 aromatic heterocycles. The number of hydrogen-bond donors (Lipinski definition) is 2. The molecule has 0 saturated carbocycles. The Morgan fingerprint density at radius 2 is 1.70 bits per heavy atom. The number of nitrogens with zero attached hydrogens (tertiary/aromatic N) is 2. The lowest BCUT2D eigenvalue weighted by Gasteiger charge is -2.39. The quantitative estimate of drug-likeness (QED) is 0.602. The Balaban J connectivity index is 1.37. The third kappa shape index (κ3) is 6.72. The molecule has 2 bridgehead atoms. The van der Waals surface area contributed by atoms with Crippen LogP contribution >= 0.6 is 0 Å². The topological polar surface area (TPSA) is 110 Å². The highest BCUT2D eigenvalue weighted by Crippen LogP contribution is 2.36. The molecule has 1 aromatic carbocycles. The molecule has 4 rings (SSSR count). The second-order valence-electron chi connectivity index (χ2n) is 10.2. The maximum atomic E-state index is 13.9. The molecule has 2 atom stereocenters. The van der Waals surface area contributed by atoms with Gasteiger partial charge in [0.15, 0.2) is 0 Å². The number of nitrogens with one attached hydrogen (secondary N) is 2. The molecule has 198 valence electrons. The van der Waals surface area contributed by atoms with Crippen molar-refractivity contribution in [3.05, 3.63) is 53.7 Å². The van der Waals surface area contributed by atoms with Gasteiger partial charge in [0.25, 0.3) is 5.91 Å². The van der Waals surface area contributed by atoms with Crippen molar-refractivity contribution >= 4 is 17.9 Å². The maximum absolute atomic E-state index is 13.9. The fourth-order valence-corrected chi connectivity index (χ4v) is 4.80. The zero-order chi connectivity index (χ0) is 26.7. The molecule has 2 unspecified atom stereocenters. The Bertz CT molecular complexity index is 1150. The number of halogens is 2. The first kappa shape index (κ1) is 26.3. The number of pyridine rings is 1. The van der Waals surface area contributed by atoms with E-state index in [0.717, 1.165) is 25.1 Å². The molecule has 2 saturated heterocycles. The summed E-state index contributed by atoms with van der Waals surface area (Å²) >= 11 is 0. The van der Waals surface area contributed by atoms with Crippen molar-refractivity contribution in [2.75, 3.05) is 6.54 Å². The van der Waals surface area contributed by atoms with Gasteiger partial charge in [-0.15, -0.1) is 0 Å². The molecule has 2 aliphatic heterocycles. The SMILES string of the molecule is CC(C)(C)OC(=O)NCC(=O)N1C2CCC1CC(NC(=O)c1cc(F)cnc1Oc1ccc(F)cc1)C2. The highest BCUT2D eigenvalue weighted by molar-refractivity contribution is 5.96. The number of aromatic nitrogens is 1. The van der Waals surface area contributed by atoms with Crippen LogP contribution in [0.15, 0.2) is 36.5 Å². The predicted molar refractivity (Wildman–Crippen MR) is 129 cm³/mol. The number of piperidine rings is 1. The van der Waals surface area contributed by atoms with Crippen LogP contribution in [-0.4, -0.2) is 58.1 Å². The van der Waals surface area contributed by atoms with Crippen molar-refractivity contribution < 1.29 is 32.6 Å². The lowest BCUT2D eigenvalue weighted by atomic mass is 9.96. The number of ether oxygens (including phenoxy) is 2. The molecular weight excluding hydrogens is 486 g/mol. The van der Waals surface area contributed by atoms with Crippen LogP contribution in [0.2, 0.25) is 0 Å². The molecule has 0 spiro atoms. The van der Waals surface area contributed by atoms with Gasteiger partial charge in [-0.1, -0.05) is 0 Å². The van der Waals surface area contributed by atoms with Crippen LogP contribution < -0.4 is 15.4 Å². The first-order chi connectivity index (χ1) is 17.5. The normalized spacial score (nSPS) is 20.8. The second-order valence-corrected chi connectivity index (χ2v) is 10.2. The first-order valence-electron chi connectivity index (χ1n) is 12.2. The molecule has 0 aliphatic carbocycles. The average molecular weight is 517 g/mol. The molecule has 2 aromatic rings. The van der Waals surface area contributed by atoms with Crippen LogP contribution in [0.5, 0.6) is 11.6 Å². The van der Waals surface area contributed by atoms with E-state index in [9.17, 15) is 23.2 Å². The summed E-state index contributed by atoms with van der Waals surface area (Å²) in [5.74, 6) is -1.76. The predicted octanol–water partition coefficient (Wildman–Crippen LogP) is 3.93. The zero-order valence-corrected chi connectivity index (χ0v) is 20.9. The molecule has 37 heavy (non-hydrogen) atoms. The van der Waals surface area contributed by atoms with E-state index in [2.05, 4.69) is 15.6 Å². The Kier molecular flexibility index (Phi) is 7.60. The maximum Gasteiger partial charge on any atom is 0.408 e. The molecule has 0 radical (unpaired) electrons. The lowest BCUT2D eigenvalue weighted by molar-refractivity contribution is -0.134. The minimum absolute atomic E-state index is 0.0856. The molecule has 3 heterocycles. The minimum atomic E-state index is -0.699. The first-order valence-corrected chi connectivity index (χ1v) is 12.2. The number of hydrogen-bond acceptors (Lipinski definition) is 6. The van der Waals surface area contributed by atoms with Gasteiger partial charge in [-0.25, -0.2) is 18.6 Å². The van der Waals surface area contributed by atoms with Gasteiger partial charge >= 0.3 is 6.09 Å². The number of carbonyl (C=O) groups excluding carboxylic acids is 3. The van der Waals surface area contributed by atoms with E-state index >= 15 is 0 Å². The van der Waals surface area contributed by atoms with Gasteiger partial charge < -0.3 is 25.0 Å². The van der Waals surface area contributed by atoms with Crippen molar-refractivity contribution in [3.63, 3.8) is 0 Å². The number of rotatable bonds is 6. The second kappa shape index (κ2) is 10.7. The van der Waals surface area contributed by atoms with E-state index in [0.29, 0.717) is 12.8 Å². The molecule has 2 N–H and O–H groups in total. The van der Waals surface area contributed by atoms with Gasteiger partial charge in [-0.2, -0.15) is 0 Å². The van der Waals surface area contributed by atoms with E-state index in [-0.39, 0.29) is 47.8 Å². The van der Waals surface area contributed by atoms with Gasteiger partial charge in [0, 0.05) is 18.1 Å². The molecule has 9 nitrogen and oxygen atoms in total. The van der Waals surface area contributed by atoms with Crippen LogP contribution in [0.1, 0.15) is 56.8 Å². The van der Waals surface area contributed by atoms with Crippen molar-refractivity contribution in [1.82, 2.24) is 20.5 Å². The number of fused-ring (bicyclic) bond motifs is 2.